The van der Waals surface area contributed by atoms with E-state index in [-0.39, 0.29) is 16.8 Å². The molecule has 6 nitrogen and oxygen atoms in total. The summed E-state index contributed by atoms with van der Waals surface area (Å²) in [4.78, 5) is 17.5. The maximum Gasteiger partial charge on any atom is 0.266 e. The Morgan fingerprint density at radius 2 is 2.04 bits per heavy atom. The Kier molecular flexibility index (Phi) is 4.52. The summed E-state index contributed by atoms with van der Waals surface area (Å²) < 4.78 is 29.5. The largest absolute Gasteiger partial charge is 0.429 e. The number of benzene rings is 1. The number of aromatic amines is 1. The van der Waals surface area contributed by atoms with Crippen molar-refractivity contribution < 1.29 is 17.6 Å². The Balaban J connectivity index is 1.90. The second kappa shape index (κ2) is 6.33. The second-order valence-electron chi connectivity index (χ2n) is 6.36. The van der Waals surface area contributed by atoms with Crippen LogP contribution in [0.15, 0.2) is 22.6 Å². The van der Waals surface area contributed by atoms with Gasteiger partial charge >= 0.3 is 0 Å². The lowest BCUT2D eigenvalue weighted by Crippen LogP contribution is -2.49. The number of amides is 1. The lowest BCUT2D eigenvalue weighted by Gasteiger charge is -2.37. The van der Waals surface area contributed by atoms with Crippen molar-refractivity contribution in [2.24, 2.45) is 0 Å². The third-order valence-electron chi connectivity index (χ3n) is 4.70. The van der Waals surface area contributed by atoms with Crippen LogP contribution in [0.4, 0.5) is 0 Å². The lowest BCUT2D eigenvalue weighted by molar-refractivity contribution is 0.0700. The molecule has 1 amide bonds. The molecule has 2 atom stereocenters. The molecule has 3 rings (SSSR count). The Hall–Kier alpha value is -1.67. The molecule has 1 N–H and O–H groups in total. The molecule has 1 aliphatic carbocycles. The van der Waals surface area contributed by atoms with Crippen molar-refractivity contribution in [2.45, 2.75) is 37.0 Å². The lowest BCUT2D eigenvalue weighted by atomic mass is 9.93. The third-order valence-corrected chi connectivity index (χ3v) is 6.54. The molecule has 24 heavy (non-hydrogen) atoms. The summed E-state index contributed by atoms with van der Waals surface area (Å²) in [6.45, 7) is 0. The first-order valence-corrected chi connectivity index (χ1v) is 10.2. The number of oxazole rings is 1. The molecule has 0 radical (unpaired) electrons. The normalized spacial score (nSPS) is 21.8. The quantitative estimate of drug-likeness (QED) is 0.842. The highest BCUT2D eigenvalue weighted by molar-refractivity contribution is 7.91. The van der Waals surface area contributed by atoms with Gasteiger partial charge in [-0.05, 0) is 43.3 Å². The van der Waals surface area contributed by atoms with Crippen LogP contribution in [0.3, 0.4) is 0 Å². The van der Waals surface area contributed by atoms with Crippen LogP contribution in [-0.4, -0.2) is 48.8 Å². The van der Waals surface area contributed by atoms with Gasteiger partial charge in [0.05, 0.1) is 10.8 Å². The maximum atomic E-state index is 12.8. The molecular weight excluding hydrogens is 348 g/mol. The molecule has 2 unspecified atom stereocenters. The van der Waals surface area contributed by atoms with E-state index >= 15 is 0 Å². The number of rotatable bonds is 3. The molecule has 130 valence electrons. The van der Waals surface area contributed by atoms with Gasteiger partial charge in [0.15, 0.2) is 15.4 Å². The van der Waals surface area contributed by atoms with Crippen molar-refractivity contribution in [1.82, 2.24) is 9.88 Å². The van der Waals surface area contributed by atoms with Crippen LogP contribution in [0.25, 0.3) is 11.1 Å². The number of nitrogens with one attached hydrogen (secondary N) is 1. The van der Waals surface area contributed by atoms with E-state index in [1.54, 1.807) is 30.1 Å². The fraction of sp³-hybridized carbons (Fsp3) is 0.500. The summed E-state index contributed by atoms with van der Waals surface area (Å²) in [6.07, 6.45) is 4.37. The maximum absolute atomic E-state index is 12.8. The highest BCUT2D eigenvalue weighted by Gasteiger charge is 2.37. The number of H-pyrrole nitrogens is 1. The minimum absolute atomic E-state index is 0.209. The van der Waals surface area contributed by atoms with Gasteiger partial charge in [-0.2, -0.15) is 0 Å². The minimum atomic E-state index is -3.20. The van der Waals surface area contributed by atoms with Crippen LogP contribution in [0.5, 0.6) is 0 Å². The minimum Gasteiger partial charge on any atom is -0.429 e. The molecule has 1 aromatic heterocycles. The molecule has 8 heteroatoms. The Labute approximate surface area is 145 Å². The first-order chi connectivity index (χ1) is 11.3. The number of sulfone groups is 1. The standard InChI is InChI=1S/C16H20N2O4S2/c1-18(12-5-3-4-6-14(12)24(2,20)21)15(19)10-7-8-11-13(9-10)22-16(23)17-11/h7-9,12,14H,3-6H2,1-2H3,(H,17,23). The van der Waals surface area contributed by atoms with E-state index in [4.69, 9.17) is 16.6 Å². The zero-order valence-electron chi connectivity index (χ0n) is 13.6. The van der Waals surface area contributed by atoms with E-state index in [1.165, 1.54) is 6.26 Å². The van der Waals surface area contributed by atoms with Gasteiger partial charge in [-0.3, -0.25) is 4.79 Å². The predicted octanol–water partition coefficient (Wildman–Crippen LogP) is 2.92. The fourth-order valence-corrected chi connectivity index (χ4v) is 5.14. The number of nitrogens with zero attached hydrogens (tertiary/aromatic N) is 1. The molecule has 0 aliphatic heterocycles. The smallest absolute Gasteiger partial charge is 0.266 e. The van der Waals surface area contributed by atoms with Crippen LogP contribution in [-0.2, 0) is 9.84 Å². The molecule has 1 heterocycles. The van der Waals surface area contributed by atoms with Gasteiger partial charge in [0, 0.05) is 24.9 Å². The fourth-order valence-electron chi connectivity index (χ4n) is 3.45. The highest BCUT2D eigenvalue weighted by Crippen LogP contribution is 2.28. The molecule has 2 aromatic rings. The molecule has 1 aromatic carbocycles. The SMILES string of the molecule is CN(C(=O)c1ccc2[nH]c(=S)oc2c1)C1CCCCC1S(C)(=O)=O. The Morgan fingerprint density at radius 3 is 2.75 bits per heavy atom. The monoisotopic (exact) mass is 368 g/mol. The first kappa shape index (κ1) is 17.2. The number of carbonyl (C=O) groups excluding carboxylic acids is 1. The van der Waals surface area contributed by atoms with Crippen molar-refractivity contribution in [3.8, 4) is 0 Å². The highest BCUT2D eigenvalue weighted by atomic mass is 32.2. The van der Waals surface area contributed by atoms with Gasteiger partial charge < -0.3 is 14.3 Å². The zero-order valence-corrected chi connectivity index (χ0v) is 15.2. The van der Waals surface area contributed by atoms with Crippen LogP contribution in [0.2, 0.25) is 0 Å². The molecular formula is C16H20N2O4S2. The number of hydrogen-bond donors (Lipinski definition) is 1. The molecule has 0 bridgehead atoms. The molecule has 1 aliphatic rings. The number of carbonyl (C=O) groups is 1. The number of hydrogen-bond acceptors (Lipinski definition) is 5. The van der Waals surface area contributed by atoms with Crippen molar-refractivity contribution in [1.29, 1.82) is 0 Å². The van der Waals surface area contributed by atoms with E-state index in [9.17, 15) is 13.2 Å². The number of aromatic nitrogens is 1. The van der Waals surface area contributed by atoms with Gasteiger partial charge in [0.25, 0.3) is 10.7 Å². The third kappa shape index (κ3) is 3.25. The van der Waals surface area contributed by atoms with Crippen molar-refractivity contribution in [3.05, 3.63) is 28.6 Å². The Bertz CT molecular complexity index is 929. The van der Waals surface area contributed by atoms with Gasteiger partial charge in [0.2, 0.25) is 0 Å². The first-order valence-electron chi connectivity index (χ1n) is 7.86. The van der Waals surface area contributed by atoms with E-state index in [1.807, 2.05) is 0 Å². The summed E-state index contributed by atoms with van der Waals surface area (Å²) in [5.41, 5.74) is 1.70. The van der Waals surface area contributed by atoms with Gasteiger partial charge in [0.1, 0.15) is 0 Å². The zero-order chi connectivity index (χ0) is 17.5. The molecule has 1 saturated carbocycles. The summed E-state index contributed by atoms with van der Waals surface area (Å²) in [7, 11) is -1.52. The van der Waals surface area contributed by atoms with Crippen molar-refractivity contribution in [2.75, 3.05) is 13.3 Å². The van der Waals surface area contributed by atoms with Gasteiger partial charge in [-0.1, -0.05) is 12.8 Å². The van der Waals surface area contributed by atoms with Crippen LogP contribution >= 0.6 is 12.2 Å². The average molecular weight is 368 g/mol. The molecule has 0 spiro atoms. The summed E-state index contributed by atoms with van der Waals surface area (Å²) >= 11 is 4.95. The van der Waals surface area contributed by atoms with Crippen molar-refractivity contribution >= 4 is 39.1 Å². The summed E-state index contributed by atoms with van der Waals surface area (Å²) in [5.74, 6) is -0.209. The van der Waals surface area contributed by atoms with E-state index in [0.29, 0.717) is 24.0 Å². The van der Waals surface area contributed by atoms with Crippen LogP contribution in [0, 0.1) is 4.84 Å². The van der Waals surface area contributed by atoms with E-state index < -0.39 is 15.1 Å². The second-order valence-corrected chi connectivity index (χ2v) is 9.00. The average Bonchev–Trinajstić information content (AvgIpc) is 2.91. The Morgan fingerprint density at radius 1 is 1.33 bits per heavy atom. The van der Waals surface area contributed by atoms with Crippen LogP contribution < -0.4 is 0 Å². The van der Waals surface area contributed by atoms with E-state index in [0.717, 1.165) is 18.4 Å². The van der Waals surface area contributed by atoms with Crippen molar-refractivity contribution in [3.63, 3.8) is 0 Å². The van der Waals surface area contributed by atoms with Gasteiger partial charge in [-0.25, -0.2) is 8.42 Å². The molecule has 0 saturated heterocycles. The summed E-state index contributed by atoms with van der Waals surface area (Å²) in [5, 5.41) is -0.500. The van der Waals surface area contributed by atoms with E-state index in [2.05, 4.69) is 4.98 Å². The topological polar surface area (TPSA) is 83.4 Å². The van der Waals surface area contributed by atoms with Crippen LogP contribution in [0.1, 0.15) is 36.0 Å². The number of fused-ring (bicyclic) bond motifs is 1. The molecule has 1 fully saturated rings. The predicted molar refractivity (Wildman–Crippen MR) is 94.4 cm³/mol. The summed E-state index contributed by atoms with van der Waals surface area (Å²) in [6, 6.07) is 4.78. The van der Waals surface area contributed by atoms with Gasteiger partial charge in [-0.15, -0.1) is 0 Å².